The number of aromatic nitrogens is 2. The van der Waals surface area contributed by atoms with Crippen LogP contribution in [0, 0.1) is 17.0 Å². The molecule has 1 aliphatic rings. The largest absolute Gasteiger partial charge is 0.496 e. The average Bonchev–Trinajstić information content (AvgIpc) is 2.75. The number of nitrogens with one attached hydrogen (secondary N) is 1. The van der Waals surface area contributed by atoms with Crippen LogP contribution in [0.15, 0.2) is 23.0 Å². The fourth-order valence-corrected chi connectivity index (χ4v) is 3.10. The predicted octanol–water partition coefficient (Wildman–Crippen LogP) is 1.60. The lowest BCUT2D eigenvalue weighted by Gasteiger charge is -2.20. The van der Waals surface area contributed by atoms with Gasteiger partial charge in [-0.2, -0.15) is 0 Å². The van der Waals surface area contributed by atoms with Crippen molar-refractivity contribution in [2.24, 2.45) is 0 Å². The molecule has 0 radical (unpaired) electrons. The molecule has 2 heterocycles. The quantitative estimate of drug-likeness (QED) is 0.677. The van der Waals surface area contributed by atoms with Crippen LogP contribution in [0.3, 0.4) is 0 Å². The molecule has 1 aromatic carbocycles. The van der Waals surface area contributed by atoms with Crippen molar-refractivity contribution in [3.05, 3.63) is 55.6 Å². The first kappa shape index (κ1) is 16.0. The first-order chi connectivity index (χ1) is 11.5. The number of aryl methyl sites for hydroxylation is 1. The fraction of sp³-hybridized carbons (Fsp3) is 0.375. The van der Waals surface area contributed by atoms with E-state index >= 15 is 0 Å². The zero-order valence-electron chi connectivity index (χ0n) is 13.5. The zero-order valence-corrected chi connectivity index (χ0v) is 13.5. The third kappa shape index (κ3) is 2.82. The Morgan fingerprint density at radius 2 is 2.08 bits per heavy atom. The number of nitro groups is 1. The summed E-state index contributed by atoms with van der Waals surface area (Å²) in [5, 5.41) is 11.3. The summed E-state index contributed by atoms with van der Waals surface area (Å²) in [6, 6.07) is 5.88. The van der Waals surface area contributed by atoms with E-state index in [9.17, 15) is 14.9 Å². The van der Waals surface area contributed by atoms with Gasteiger partial charge in [-0.15, -0.1) is 0 Å². The van der Waals surface area contributed by atoms with Gasteiger partial charge in [-0.05, 0) is 37.0 Å². The van der Waals surface area contributed by atoms with Gasteiger partial charge >= 0.3 is 11.2 Å². The van der Waals surface area contributed by atoms with Gasteiger partial charge in [0.2, 0.25) is 5.82 Å². The number of aromatic amines is 1. The van der Waals surface area contributed by atoms with Crippen LogP contribution in [0.2, 0.25) is 0 Å². The highest BCUT2D eigenvalue weighted by Gasteiger charge is 2.28. The molecule has 2 aromatic rings. The third-order valence-electron chi connectivity index (χ3n) is 4.21. The maximum Gasteiger partial charge on any atom is 0.375 e. The first-order valence-corrected chi connectivity index (χ1v) is 7.66. The second-order valence-corrected chi connectivity index (χ2v) is 5.67. The van der Waals surface area contributed by atoms with Crippen molar-refractivity contribution < 1.29 is 9.66 Å². The molecule has 0 saturated heterocycles. The Hall–Kier alpha value is -2.90. The topological polar surface area (TPSA) is 101 Å². The Kier molecular flexibility index (Phi) is 4.20. The third-order valence-corrected chi connectivity index (χ3v) is 4.21. The van der Waals surface area contributed by atoms with Gasteiger partial charge < -0.3 is 14.6 Å². The Morgan fingerprint density at radius 3 is 2.79 bits per heavy atom. The second-order valence-electron chi connectivity index (χ2n) is 5.67. The number of anilines is 1. The monoisotopic (exact) mass is 330 g/mol. The lowest BCUT2D eigenvalue weighted by Crippen LogP contribution is -2.30. The van der Waals surface area contributed by atoms with Crippen LogP contribution in [0.4, 0.5) is 11.5 Å². The van der Waals surface area contributed by atoms with E-state index in [1.54, 1.807) is 18.9 Å². The van der Waals surface area contributed by atoms with Crippen molar-refractivity contribution in [2.75, 3.05) is 25.1 Å². The van der Waals surface area contributed by atoms with Crippen LogP contribution in [-0.4, -0.2) is 35.1 Å². The summed E-state index contributed by atoms with van der Waals surface area (Å²) in [6.07, 6.45) is 1.38. The summed E-state index contributed by atoms with van der Waals surface area (Å²) < 4.78 is 5.41. The molecule has 3 rings (SSSR count). The predicted molar refractivity (Wildman–Crippen MR) is 88.9 cm³/mol. The van der Waals surface area contributed by atoms with E-state index in [-0.39, 0.29) is 5.82 Å². The molecule has 0 aliphatic carbocycles. The number of methoxy groups -OCH3 is 1. The standard InChI is InChI=1S/C16H18N4O4/c1-10-17-15(14(20(22)23)16(21)18-10)19-8-6-11-4-3-5-13(24-2)12(11)7-9-19/h3-5H,6-9H2,1-2H3,(H,17,18,21). The number of hydrogen-bond acceptors (Lipinski definition) is 6. The Labute approximate surface area is 138 Å². The van der Waals surface area contributed by atoms with E-state index in [1.807, 2.05) is 18.2 Å². The zero-order chi connectivity index (χ0) is 17.3. The average molecular weight is 330 g/mol. The minimum Gasteiger partial charge on any atom is -0.496 e. The molecule has 1 aliphatic heterocycles. The SMILES string of the molecule is COc1cccc2c1CCN(c1nc(C)[nH]c(=O)c1[N+](=O)[O-])CC2. The molecule has 8 heteroatoms. The molecule has 0 unspecified atom stereocenters. The maximum atomic E-state index is 12.0. The van der Waals surface area contributed by atoms with Gasteiger partial charge in [-0.25, -0.2) is 4.98 Å². The summed E-state index contributed by atoms with van der Waals surface area (Å²) in [5.41, 5.74) is 1.04. The number of ether oxygens (including phenoxy) is 1. The molecule has 0 saturated carbocycles. The molecule has 0 fully saturated rings. The fourth-order valence-electron chi connectivity index (χ4n) is 3.10. The molecule has 8 nitrogen and oxygen atoms in total. The van der Waals surface area contributed by atoms with Crippen LogP contribution in [0.5, 0.6) is 5.75 Å². The highest BCUT2D eigenvalue weighted by molar-refractivity contribution is 5.57. The summed E-state index contributed by atoms with van der Waals surface area (Å²) in [5.74, 6) is 1.31. The van der Waals surface area contributed by atoms with E-state index < -0.39 is 16.2 Å². The molecular weight excluding hydrogens is 312 g/mol. The smallest absolute Gasteiger partial charge is 0.375 e. The number of nitrogens with zero attached hydrogens (tertiary/aromatic N) is 3. The number of benzene rings is 1. The van der Waals surface area contributed by atoms with Crippen molar-refractivity contribution in [1.29, 1.82) is 0 Å². The number of H-pyrrole nitrogens is 1. The highest BCUT2D eigenvalue weighted by Crippen LogP contribution is 2.29. The Balaban J connectivity index is 1.99. The van der Waals surface area contributed by atoms with Crippen LogP contribution < -0.4 is 15.2 Å². The van der Waals surface area contributed by atoms with Crippen molar-refractivity contribution in [2.45, 2.75) is 19.8 Å². The lowest BCUT2D eigenvalue weighted by molar-refractivity contribution is -0.385. The molecule has 0 bridgehead atoms. The Bertz CT molecular complexity index is 846. The van der Waals surface area contributed by atoms with Crippen LogP contribution in [-0.2, 0) is 12.8 Å². The minimum absolute atomic E-state index is 0.132. The van der Waals surface area contributed by atoms with Gasteiger partial charge in [-0.1, -0.05) is 12.1 Å². The van der Waals surface area contributed by atoms with E-state index in [0.717, 1.165) is 16.9 Å². The van der Waals surface area contributed by atoms with Gasteiger partial charge in [0.1, 0.15) is 11.6 Å². The molecule has 0 atom stereocenters. The lowest BCUT2D eigenvalue weighted by atomic mass is 10.0. The van der Waals surface area contributed by atoms with E-state index in [2.05, 4.69) is 9.97 Å². The van der Waals surface area contributed by atoms with E-state index in [0.29, 0.717) is 31.8 Å². The summed E-state index contributed by atoms with van der Waals surface area (Å²) in [4.78, 5) is 31.0. The van der Waals surface area contributed by atoms with E-state index in [1.165, 1.54) is 0 Å². The first-order valence-electron chi connectivity index (χ1n) is 7.66. The second kappa shape index (κ2) is 6.31. The molecule has 0 amide bonds. The highest BCUT2D eigenvalue weighted by atomic mass is 16.6. The summed E-state index contributed by atoms with van der Waals surface area (Å²) >= 11 is 0. The summed E-state index contributed by atoms with van der Waals surface area (Å²) in [7, 11) is 1.63. The summed E-state index contributed by atoms with van der Waals surface area (Å²) in [6.45, 7) is 2.70. The number of hydrogen-bond donors (Lipinski definition) is 1. The van der Waals surface area contributed by atoms with Crippen molar-refractivity contribution in [3.8, 4) is 5.75 Å². The number of fused-ring (bicyclic) bond motifs is 1. The molecule has 1 aromatic heterocycles. The maximum absolute atomic E-state index is 12.0. The van der Waals surface area contributed by atoms with Crippen molar-refractivity contribution in [3.63, 3.8) is 0 Å². The normalized spacial score (nSPS) is 14.0. The molecule has 24 heavy (non-hydrogen) atoms. The minimum atomic E-state index is -0.721. The van der Waals surface area contributed by atoms with Gasteiger partial charge in [0.25, 0.3) is 0 Å². The number of rotatable bonds is 3. The van der Waals surface area contributed by atoms with Crippen LogP contribution >= 0.6 is 0 Å². The molecular formula is C16H18N4O4. The van der Waals surface area contributed by atoms with Gasteiger partial charge in [0.15, 0.2) is 0 Å². The van der Waals surface area contributed by atoms with Crippen molar-refractivity contribution in [1.82, 2.24) is 9.97 Å². The molecule has 0 spiro atoms. The van der Waals surface area contributed by atoms with Gasteiger partial charge in [-0.3, -0.25) is 14.9 Å². The molecule has 1 N–H and O–H groups in total. The van der Waals surface area contributed by atoms with Gasteiger partial charge in [0, 0.05) is 13.1 Å². The molecule has 126 valence electrons. The van der Waals surface area contributed by atoms with Crippen molar-refractivity contribution >= 4 is 11.5 Å². The van der Waals surface area contributed by atoms with Crippen LogP contribution in [0.1, 0.15) is 17.0 Å². The Morgan fingerprint density at radius 1 is 1.33 bits per heavy atom. The van der Waals surface area contributed by atoms with E-state index in [4.69, 9.17) is 4.74 Å². The van der Waals surface area contributed by atoms with Crippen LogP contribution in [0.25, 0.3) is 0 Å². The van der Waals surface area contributed by atoms with Gasteiger partial charge in [0.05, 0.1) is 12.0 Å².